The minimum absolute atomic E-state index is 0.137. The van der Waals surface area contributed by atoms with Gasteiger partial charge < -0.3 is 19.7 Å². The number of allylic oxidation sites excluding steroid dienone is 1. The van der Waals surface area contributed by atoms with E-state index in [1.165, 1.54) is 18.9 Å². The Hall–Kier alpha value is -1.96. The fourth-order valence-corrected chi connectivity index (χ4v) is 3.16. The molecule has 0 fully saturated rings. The molecule has 0 bridgehead atoms. The monoisotopic (exact) mass is 342 g/mol. The molecular weight excluding hydrogens is 320 g/mol. The lowest BCUT2D eigenvalue weighted by Crippen LogP contribution is -2.30. The van der Waals surface area contributed by atoms with Crippen molar-refractivity contribution in [2.24, 2.45) is 0 Å². The highest BCUT2D eigenvalue weighted by atomic mass is 32.2. The molecule has 1 aliphatic heterocycles. The quantitative estimate of drug-likeness (QED) is 0.425. The average Bonchev–Trinajstić information content (AvgIpc) is 2.51. The number of rotatable bonds is 7. The summed E-state index contributed by atoms with van der Waals surface area (Å²) in [6, 6.07) is 0. The Labute approximate surface area is 140 Å². The number of nitrogens with zero attached hydrogens (tertiary/aromatic N) is 1. The third kappa shape index (κ3) is 4.51. The van der Waals surface area contributed by atoms with Crippen molar-refractivity contribution in [2.75, 3.05) is 20.8 Å². The van der Waals surface area contributed by atoms with E-state index in [2.05, 4.69) is 5.32 Å². The number of amides is 1. The Morgan fingerprint density at radius 2 is 2.04 bits per heavy atom. The lowest BCUT2D eigenvalue weighted by Gasteiger charge is -2.32. The van der Waals surface area contributed by atoms with Crippen molar-refractivity contribution in [3.63, 3.8) is 0 Å². The van der Waals surface area contributed by atoms with Crippen LogP contribution in [0.4, 0.5) is 0 Å². The first kappa shape index (κ1) is 19.1. The summed E-state index contributed by atoms with van der Waals surface area (Å²) in [5.74, 6) is -0.951. The van der Waals surface area contributed by atoms with E-state index in [9.17, 15) is 14.4 Å². The van der Waals surface area contributed by atoms with Gasteiger partial charge in [-0.05, 0) is 20.8 Å². The highest BCUT2D eigenvalue weighted by molar-refractivity contribution is 8.03. The van der Waals surface area contributed by atoms with Crippen LogP contribution in [-0.2, 0) is 23.9 Å². The first-order valence-corrected chi connectivity index (χ1v) is 8.03. The van der Waals surface area contributed by atoms with Crippen LogP contribution in [0, 0.1) is 0 Å². The number of carbonyl (C=O) groups is 3. The van der Waals surface area contributed by atoms with Crippen LogP contribution in [0.25, 0.3) is 0 Å². The van der Waals surface area contributed by atoms with Crippen LogP contribution < -0.4 is 5.32 Å². The number of carbonyl (C=O) groups excluding carboxylic acids is 3. The summed E-state index contributed by atoms with van der Waals surface area (Å²) in [5, 5.41) is 3.04. The number of thioether (sulfide) groups is 1. The van der Waals surface area contributed by atoms with Crippen molar-refractivity contribution in [3.8, 4) is 0 Å². The first-order chi connectivity index (χ1) is 10.9. The van der Waals surface area contributed by atoms with Gasteiger partial charge in [-0.2, -0.15) is 0 Å². The summed E-state index contributed by atoms with van der Waals surface area (Å²) >= 11 is 1.32. The summed E-state index contributed by atoms with van der Waals surface area (Å²) in [7, 11) is 3.06. The SMILES string of the molecule is CCOC(=O)C1=C(SC(C)NC=O)N(C)C(C)=C(C(=O)OC)C1. The molecule has 1 unspecified atom stereocenters. The largest absolute Gasteiger partial charge is 0.466 e. The van der Waals surface area contributed by atoms with Gasteiger partial charge in [0.15, 0.2) is 0 Å². The second-order valence-corrected chi connectivity index (χ2v) is 6.17. The van der Waals surface area contributed by atoms with Crippen LogP contribution in [0.15, 0.2) is 21.9 Å². The summed E-state index contributed by atoms with van der Waals surface area (Å²) in [4.78, 5) is 36.5. The van der Waals surface area contributed by atoms with Crippen molar-refractivity contribution < 1.29 is 23.9 Å². The number of hydrogen-bond acceptors (Lipinski definition) is 7. The summed E-state index contributed by atoms with van der Waals surface area (Å²) < 4.78 is 9.88. The molecular formula is C15H22N2O5S. The predicted molar refractivity (Wildman–Crippen MR) is 87.0 cm³/mol. The van der Waals surface area contributed by atoms with Crippen LogP contribution in [0.1, 0.15) is 27.2 Å². The molecule has 0 spiro atoms. The zero-order valence-corrected chi connectivity index (χ0v) is 14.8. The van der Waals surface area contributed by atoms with Gasteiger partial charge in [-0.3, -0.25) is 4.79 Å². The van der Waals surface area contributed by atoms with Crippen molar-refractivity contribution in [1.29, 1.82) is 0 Å². The zero-order valence-electron chi connectivity index (χ0n) is 14.0. The fraction of sp³-hybridized carbons (Fsp3) is 0.533. The summed E-state index contributed by atoms with van der Waals surface area (Å²) in [5.41, 5.74) is 1.49. The van der Waals surface area contributed by atoms with Gasteiger partial charge in [0.25, 0.3) is 0 Å². The maximum Gasteiger partial charge on any atom is 0.337 e. The van der Waals surface area contributed by atoms with E-state index >= 15 is 0 Å². The second-order valence-electron chi connectivity index (χ2n) is 4.84. The molecule has 8 heteroatoms. The van der Waals surface area contributed by atoms with Crippen LogP contribution in [-0.4, -0.2) is 49.4 Å². The molecule has 1 rings (SSSR count). The molecule has 1 aliphatic rings. The Balaban J connectivity index is 3.23. The van der Waals surface area contributed by atoms with Crippen LogP contribution in [0.5, 0.6) is 0 Å². The van der Waals surface area contributed by atoms with E-state index in [4.69, 9.17) is 9.47 Å². The van der Waals surface area contributed by atoms with Gasteiger partial charge in [0.2, 0.25) is 6.41 Å². The standard InChI is InChI=1S/C15H22N2O5S/c1-6-22-15(20)12-7-11(14(19)21-5)9(2)17(4)13(12)23-10(3)16-8-18/h8,10H,6-7H2,1-5H3,(H,16,18). The van der Waals surface area contributed by atoms with Crippen LogP contribution >= 0.6 is 11.8 Å². The van der Waals surface area contributed by atoms with E-state index in [0.717, 1.165) is 0 Å². The zero-order chi connectivity index (χ0) is 17.6. The molecule has 0 saturated heterocycles. The molecule has 1 heterocycles. The number of nitrogens with one attached hydrogen (secondary N) is 1. The molecule has 1 N–H and O–H groups in total. The van der Waals surface area contributed by atoms with E-state index in [0.29, 0.717) is 28.3 Å². The molecule has 7 nitrogen and oxygen atoms in total. The highest BCUT2D eigenvalue weighted by Gasteiger charge is 2.32. The molecule has 0 saturated carbocycles. The van der Waals surface area contributed by atoms with Crippen molar-refractivity contribution in [1.82, 2.24) is 10.2 Å². The van der Waals surface area contributed by atoms with Gasteiger partial charge in [0.05, 0.1) is 35.3 Å². The number of ether oxygens (including phenoxy) is 2. The number of esters is 2. The molecule has 0 aromatic carbocycles. The van der Waals surface area contributed by atoms with Crippen LogP contribution in [0.2, 0.25) is 0 Å². The van der Waals surface area contributed by atoms with Crippen molar-refractivity contribution in [2.45, 2.75) is 32.6 Å². The van der Waals surface area contributed by atoms with E-state index in [1.54, 1.807) is 32.7 Å². The molecule has 0 aromatic heterocycles. The smallest absolute Gasteiger partial charge is 0.337 e. The third-order valence-electron chi connectivity index (χ3n) is 3.40. The highest BCUT2D eigenvalue weighted by Crippen LogP contribution is 2.37. The maximum absolute atomic E-state index is 12.3. The molecule has 0 aliphatic carbocycles. The topological polar surface area (TPSA) is 84.9 Å². The molecule has 0 radical (unpaired) electrons. The minimum Gasteiger partial charge on any atom is -0.466 e. The lowest BCUT2D eigenvalue weighted by molar-refractivity contribution is -0.138. The van der Waals surface area contributed by atoms with E-state index in [1.807, 2.05) is 0 Å². The summed E-state index contributed by atoms with van der Waals surface area (Å²) in [6.45, 7) is 5.54. The molecule has 1 amide bonds. The lowest BCUT2D eigenvalue weighted by atomic mass is 10.0. The fourth-order valence-electron chi connectivity index (χ4n) is 2.11. The van der Waals surface area contributed by atoms with Gasteiger partial charge >= 0.3 is 11.9 Å². The van der Waals surface area contributed by atoms with Gasteiger partial charge in [-0.15, -0.1) is 0 Å². The minimum atomic E-state index is -0.478. The molecule has 0 aromatic rings. The molecule has 1 atom stereocenters. The Morgan fingerprint density at radius 3 is 2.57 bits per heavy atom. The molecule has 23 heavy (non-hydrogen) atoms. The molecule has 128 valence electrons. The Morgan fingerprint density at radius 1 is 1.39 bits per heavy atom. The summed E-state index contributed by atoms with van der Waals surface area (Å²) in [6.07, 6.45) is 0.742. The normalized spacial score (nSPS) is 16.1. The van der Waals surface area contributed by atoms with Gasteiger partial charge in [-0.1, -0.05) is 11.8 Å². The van der Waals surface area contributed by atoms with E-state index in [-0.39, 0.29) is 18.4 Å². The third-order valence-corrected chi connectivity index (χ3v) is 4.63. The predicted octanol–water partition coefficient (Wildman–Crippen LogP) is 1.37. The Bertz CT molecular complexity index is 556. The second kappa shape index (κ2) is 8.61. The maximum atomic E-state index is 12.3. The first-order valence-electron chi connectivity index (χ1n) is 7.15. The van der Waals surface area contributed by atoms with E-state index < -0.39 is 11.9 Å². The Kier molecular flexibility index (Phi) is 7.15. The van der Waals surface area contributed by atoms with Crippen molar-refractivity contribution in [3.05, 3.63) is 21.9 Å². The van der Waals surface area contributed by atoms with Gasteiger partial charge in [-0.25, -0.2) is 9.59 Å². The average molecular weight is 342 g/mol. The van der Waals surface area contributed by atoms with Gasteiger partial charge in [0.1, 0.15) is 0 Å². The number of hydrogen-bond donors (Lipinski definition) is 1. The van der Waals surface area contributed by atoms with Crippen LogP contribution in [0.3, 0.4) is 0 Å². The van der Waals surface area contributed by atoms with Gasteiger partial charge in [0, 0.05) is 19.2 Å². The number of methoxy groups -OCH3 is 1. The van der Waals surface area contributed by atoms with Crippen molar-refractivity contribution >= 4 is 30.1 Å².